The molecule has 14 heteroatoms. The number of nitro groups is 1. The first-order chi connectivity index (χ1) is 21.6. The SMILES string of the molecule is CC1(COc2cc3nc(N4CCN(Cc5ccc(OC(F)(F)F)cc5)CC4)n(Cc4ccccc4)c3cc2[N+](=O)[O-])NC=CN1. The highest BCUT2D eigenvalue weighted by Crippen LogP contribution is 2.35. The highest BCUT2D eigenvalue weighted by molar-refractivity contribution is 5.84. The van der Waals surface area contributed by atoms with Gasteiger partial charge in [-0.1, -0.05) is 42.5 Å². The van der Waals surface area contributed by atoms with Gasteiger partial charge in [-0.25, -0.2) is 4.98 Å². The Bertz CT molecular complexity index is 1680. The standard InChI is InChI=1S/C31H32F3N7O4/c1-30(35-11-12-36-30)21-44-28-17-25-26(18-27(28)41(42)43)40(20-22-5-3-2-4-6-22)29(37-25)39-15-13-38(14-16-39)19-23-7-9-24(10-8-23)45-31(32,33)34/h2-12,17-18,35-36H,13-16,19-21H2,1H3. The van der Waals surface area contributed by atoms with Gasteiger partial charge in [0.1, 0.15) is 18.0 Å². The highest BCUT2D eigenvalue weighted by Gasteiger charge is 2.31. The number of nitrogens with zero attached hydrogens (tertiary/aromatic N) is 5. The largest absolute Gasteiger partial charge is 0.573 e. The van der Waals surface area contributed by atoms with Crippen LogP contribution in [-0.2, 0) is 13.1 Å². The maximum Gasteiger partial charge on any atom is 0.573 e. The lowest BCUT2D eigenvalue weighted by Crippen LogP contribution is -2.50. The first kappa shape index (κ1) is 30.1. The number of hydrogen-bond acceptors (Lipinski definition) is 9. The van der Waals surface area contributed by atoms with E-state index in [0.717, 1.165) is 11.1 Å². The van der Waals surface area contributed by atoms with Crippen LogP contribution < -0.4 is 25.0 Å². The number of nitrogens with one attached hydrogen (secondary N) is 2. The van der Waals surface area contributed by atoms with E-state index in [1.807, 2.05) is 41.8 Å². The maximum atomic E-state index is 12.5. The van der Waals surface area contributed by atoms with Gasteiger partial charge in [0, 0.05) is 57.3 Å². The molecule has 0 spiro atoms. The Morgan fingerprint density at radius 3 is 2.27 bits per heavy atom. The molecule has 1 saturated heterocycles. The Morgan fingerprint density at radius 1 is 0.956 bits per heavy atom. The molecule has 236 valence electrons. The summed E-state index contributed by atoms with van der Waals surface area (Å²) in [7, 11) is 0. The Balaban J connectivity index is 1.23. The van der Waals surface area contributed by atoms with Gasteiger partial charge in [0.15, 0.2) is 5.75 Å². The highest BCUT2D eigenvalue weighted by atomic mass is 19.4. The monoisotopic (exact) mass is 623 g/mol. The lowest BCUT2D eigenvalue weighted by atomic mass is 10.2. The fourth-order valence-electron chi connectivity index (χ4n) is 5.51. The molecule has 6 rings (SSSR count). The Labute approximate surface area is 257 Å². The number of piperazine rings is 1. The lowest BCUT2D eigenvalue weighted by Gasteiger charge is -2.35. The number of halogens is 3. The summed E-state index contributed by atoms with van der Waals surface area (Å²) in [5, 5.41) is 18.4. The van der Waals surface area contributed by atoms with Crippen molar-refractivity contribution in [2.75, 3.05) is 37.7 Å². The molecule has 2 aliphatic rings. The molecule has 0 unspecified atom stereocenters. The van der Waals surface area contributed by atoms with Crippen LogP contribution in [0.25, 0.3) is 11.0 Å². The van der Waals surface area contributed by atoms with Crippen LogP contribution >= 0.6 is 0 Å². The first-order valence-corrected chi connectivity index (χ1v) is 14.4. The molecule has 0 radical (unpaired) electrons. The number of alkyl halides is 3. The smallest absolute Gasteiger partial charge is 0.482 e. The fraction of sp³-hybridized carbons (Fsp3) is 0.323. The van der Waals surface area contributed by atoms with Crippen LogP contribution in [0.5, 0.6) is 11.5 Å². The summed E-state index contributed by atoms with van der Waals surface area (Å²) in [6.45, 7) is 5.74. The van der Waals surface area contributed by atoms with Crippen molar-refractivity contribution < 1.29 is 27.6 Å². The molecular weight excluding hydrogens is 591 g/mol. The van der Waals surface area contributed by atoms with Crippen LogP contribution in [0.2, 0.25) is 0 Å². The second-order valence-electron chi connectivity index (χ2n) is 11.2. The zero-order valence-electron chi connectivity index (χ0n) is 24.5. The molecule has 45 heavy (non-hydrogen) atoms. The van der Waals surface area contributed by atoms with E-state index >= 15 is 0 Å². The number of hydrogen-bond donors (Lipinski definition) is 2. The van der Waals surface area contributed by atoms with E-state index in [4.69, 9.17) is 9.72 Å². The molecule has 0 saturated carbocycles. The van der Waals surface area contributed by atoms with Gasteiger partial charge in [-0.2, -0.15) is 0 Å². The lowest BCUT2D eigenvalue weighted by molar-refractivity contribution is -0.385. The van der Waals surface area contributed by atoms with Crippen molar-refractivity contribution in [2.45, 2.75) is 32.0 Å². The molecule has 11 nitrogen and oxygen atoms in total. The van der Waals surface area contributed by atoms with E-state index in [1.165, 1.54) is 18.2 Å². The third-order valence-corrected chi connectivity index (χ3v) is 7.81. The summed E-state index contributed by atoms with van der Waals surface area (Å²) in [5.74, 6) is 0.584. The third-order valence-electron chi connectivity index (χ3n) is 7.81. The second kappa shape index (κ2) is 12.2. The number of imidazole rings is 1. The summed E-state index contributed by atoms with van der Waals surface area (Å²) in [5.41, 5.74) is 2.37. The number of ether oxygens (including phenoxy) is 2. The van der Waals surface area contributed by atoms with E-state index in [9.17, 15) is 23.3 Å². The zero-order chi connectivity index (χ0) is 31.6. The molecule has 0 bridgehead atoms. The zero-order valence-corrected chi connectivity index (χ0v) is 24.5. The van der Waals surface area contributed by atoms with Crippen LogP contribution in [0.1, 0.15) is 18.1 Å². The van der Waals surface area contributed by atoms with Crippen LogP contribution in [-0.4, -0.2) is 64.2 Å². The molecule has 4 aromatic rings. The molecule has 0 atom stereocenters. The molecule has 1 aromatic heterocycles. The minimum Gasteiger partial charge on any atom is -0.482 e. The molecule has 2 N–H and O–H groups in total. The van der Waals surface area contributed by atoms with Crippen LogP contribution in [0.3, 0.4) is 0 Å². The predicted molar refractivity (Wildman–Crippen MR) is 162 cm³/mol. The molecule has 2 aliphatic heterocycles. The van der Waals surface area contributed by atoms with E-state index < -0.39 is 16.9 Å². The molecule has 3 heterocycles. The van der Waals surface area contributed by atoms with Crippen molar-refractivity contribution in [3.63, 3.8) is 0 Å². The van der Waals surface area contributed by atoms with E-state index in [0.29, 0.717) is 56.3 Å². The van der Waals surface area contributed by atoms with Crippen molar-refractivity contribution in [2.24, 2.45) is 0 Å². The van der Waals surface area contributed by atoms with Gasteiger partial charge in [-0.05, 0) is 30.2 Å². The van der Waals surface area contributed by atoms with Crippen LogP contribution in [0.4, 0.5) is 24.8 Å². The number of benzene rings is 3. The van der Waals surface area contributed by atoms with E-state index in [1.54, 1.807) is 30.6 Å². The summed E-state index contributed by atoms with van der Waals surface area (Å²) in [6, 6.07) is 18.9. The molecule has 1 fully saturated rings. The first-order valence-electron chi connectivity index (χ1n) is 14.4. The molecule has 0 amide bonds. The van der Waals surface area contributed by atoms with Gasteiger partial charge in [0.05, 0.1) is 22.5 Å². The number of fused-ring (bicyclic) bond motifs is 1. The molecule has 0 aliphatic carbocycles. The van der Waals surface area contributed by atoms with Crippen LogP contribution in [0.15, 0.2) is 79.1 Å². The number of nitro benzene ring substituents is 1. The average Bonchev–Trinajstić information content (AvgIpc) is 3.60. The van der Waals surface area contributed by atoms with Crippen molar-refractivity contribution in [3.8, 4) is 11.5 Å². The van der Waals surface area contributed by atoms with E-state index in [2.05, 4.69) is 25.2 Å². The normalized spacial score (nSPS) is 16.4. The summed E-state index contributed by atoms with van der Waals surface area (Å²) in [4.78, 5) is 21.1. The predicted octanol–water partition coefficient (Wildman–Crippen LogP) is 4.97. The van der Waals surface area contributed by atoms with Gasteiger partial charge in [0.25, 0.3) is 0 Å². The topological polar surface area (TPSA) is 110 Å². The summed E-state index contributed by atoms with van der Waals surface area (Å²) < 4.78 is 49.5. The van der Waals surface area contributed by atoms with Gasteiger partial charge < -0.3 is 29.6 Å². The Hall–Kier alpha value is -4.98. The summed E-state index contributed by atoms with van der Waals surface area (Å²) >= 11 is 0. The minimum atomic E-state index is -4.73. The maximum absolute atomic E-state index is 12.5. The minimum absolute atomic E-state index is 0.136. The van der Waals surface area contributed by atoms with Gasteiger partial charge in [0.2, 0.25) is 5.95 Å². The fourth-order valence-corrected chi connectivity index (χ4v) is 5.51. The van der Waals surface area contributed by atoms with Crippen LogP contribution in [0, 0.1) is 10.1 Å². The van der Waals surface area contributed by atoms with Gasteiger partial charge in [-0.3, -0.25) is 15.0 Å². The Morgan fingerprint density at radius 2 is 1.62 bits per heavy atom. The van der Waals surface area contributed by atoms with E-state index in [-0.39, 0.29) is 23.8 Å². The van der Waals surface area contributed by atoms with Gasteiger partial charge >= 0.3 is 12.0 Å². The van der Waals surface area contributed by atoms with Crippen molar-refractivity contribution in [1.82, 2.24) is 25.1 Å². The quantitative estimate of drug-likeness (QED) is 0.187. The van der Waals surface area contributed by atoms with Crippen molar-refractivity contribution in [1.29, 1.82) is 0 Å². The van der Waals surface area contributed by atoms with Crippen molar-refractivity contribution >= 4 is 22.7 Å². The second-order valence-corrected chi connectivity index (χ2v) is 11.2. The summed E-state index contributed by atoms with van der Waals surface area (Å²) in [6.07, 6.45) is -1.22. The van der Waals surface area contributed by atoms with Gasteiger partial charge in [-0.15, -0.1) is 13.2 Å². The number of rotatable bonds is 10. The number of aromatic nitrogens is 2. The third kappa shape index (κ3) is 7.06. The molecule has 3 aromatic carbocycles. The van der Waals surface area contributed by atoms with Crippen molar-refractivity contribution in [3.05, 3.63) is 100 Å². The average molecular weight is 624 g/mol. The molecular formula is C31H32F3N7O4. The number of anilines is 1. The Kier molecular flexibility index (Phi) is 8.14.